The molecule has 0 bridgehead atoms. The first-order valence-electron chi connectivity index (χ1n) is 11.1. The molecule has 2 heterocycles. The second kappa shape index (κ2) is 11.1. The molecule has 0 unspecified atom stereocenters. The Morgan fingerprint density at radius 1 is 1.09 bits per heavy atom. The average molecular weight is 477 g/mol. The van der Waals surface area contributed by atoms with Crippen LogP contribution in [-0.2, 0) is 17.9 Å². The molecule has 0 N–H and O–H groups in total. The van der Waals surface area contributed by atoms with Crippen molar-refractivity contribution in [1.82, 2.24) is 19.7 Å². The van der Waals surface area contributed by atoms with Gasteiger partial charge in [0.05, 0.1) is 25.7 Å². The van der Waals surface area contributed by atoms with E-state index in [1.807, 2.05) is 90.0 Å². The third-order valence-electron chi connectivity index (χ3n) is 5.40. The number of benzene rings is 2. The lowest BCUT2D eigenvalue weighted by atomic mass is 10.2. The molecular formula is C26H28N4O3S. The van der Waals surface area contributed by atoms with Crippen molar-refractivity contribution in [1.29, 1.82) is 0 Å². The van der Waals surface area contributed by atoms with Gasteiger partial charge in [-0.15, -0.1) is 10.2 Å². The fourth-order valence-corrected chi connectivity index (χ4v) is 4.44. The van der Waals surface area contributed by atoms with Crippen molar-refractivity contribution in [3.05, 3.63) is 84.3 Å². The Labute approximate surface area is 203 Å². The summed E-state index contributed by atoms with van der Waals surface area (Å²) in [5.41, 5.74) is 1.99. The number of rotatable bonds is 10. The summed E-state index contributed by atoms with van der Waals surface area (Å²) in [5.74, 6) is 2.53. The van der Waals surface area contributed by atoms with Crippen molar-refractivity contribution >= 4 is 17.7 Å². The lowest BCUT2D eigenvalue weighted by molar-refractivity contribution is -0.130. The maximum atomic E-state index is 13.2. The molecule has 176 valence electrons. The van der Waals surface area contributed by atoms with Crippen molar-refractivity contribution in [2.75, 3.05) is 12.9 Å². The molecule has 0 radical (unpaired) electrons. The SMILES string of the molecule is COc1cccc(-c2nnc(SCC(=O)N(Cc3ccccc3)C(C)C)n2Cc2ccco2)c1. The molecule has 2 aromatic heterocycles. The molecule has 0 saturated carbocycles. The molecule has 0 spiro atoms. The van der Waals surface area contributed by atoms with Crippen molar-refractivity contribution in [2.24, 2.45) is 0 Å². The van der Waals surface area contributed by atoms with E-state index in [2.05, 4.69) is 10.2 Å². The Morgan fingerprint density at radius 2 is 1.91 bits per heavy atom. The number of hydrogen-bond donors (Lipinski definition) is 0. The molecule has 4 aromatic rings. The Morgan fingerprint density at radius 3 is 2.62 bits per heavy atom. The van der Waals surface area contributed by atoms with Gasteiger partial charge in [-0.2, -0.15) is 0 Å². The Balaban J connectivity index is 1.55. The summed E-state index contributed by atoms with van der Waals surface area (Å²) in [6, 6.07) is 21.6. The highest BCUT2D eigenvalue weighted by atomic mass is 32.2. The Kier molecular flexibility index (Phi) is 7.69. The summed E-state index contributed by atoms with van der Waals surface area (Å²) in [6.45, 7) is 5.10. The van der Waals surface area contributed by atoms with E-state index in [9.17, 15) is 4.79 Å². The predicted molar refractivity (Wildman–Crippen MR) is 133 cm³/mol. The molecule has 1 amide bonds. The van der Waals surface area contributed by atoms with Crippen LogP contribution in [0.1, 0.15) is 25.2 Å². The highest BCUT2D eigenvalue weighted by molar-refractivity contribution is 7.99. The van der Waals surface area contributed by atoms with Gasteiger partial charge in [0.25, 0.3) is 0 Å². The third kappa shape index (κ3) is 5.69. The van der Waals surface area contributed by atoms with Crippen LogP contribution in [0.3, 0.4) is 0 Å². The Hall–Kier alpha value is -3.52. The number of amides is 1. The summed E-state index contributed by atoms with van der Waals surface area (Å²) < 4.78 is 12.9. The number of carbonyl (C=O) groups is 1. The molecule has 0 fully saturated rings. The van der Waals surface area contributed by atoms with E-state index in [1.165, 1.54) is 11.8 Å². The minimum atomic E-state index is 0.0549. The smallest absolute Gasteiger partial charge is 0.233 e. The van der Waals surface area contributed by atoms with Crippen LogP contribution < -0.4 is 4.74 Å². The van der Waals surface area contributed by atoms with Crippen molar-refractivity contribution in [3.63, 3.8) is 0 Å². The zero-order valence-corrected chi connectivity index (χ0v) is 20.4. The third-order valence-corrected chi connectivity index (χ3v) is 6.35. The van der Waals surface area contributed by atoms with Gasteiger partial charge in [0.15, 0.2) is 11.0 Å². The van der Waals surface area contributed by atoms with Gasteiger partial charge < -0.3 is 14.1 Å². The Bertz CT molecular complexity index is 1210. The zero-order chi connectivity index (χ0) is 23.9. The number of nitrogens with zero attached hydrogens (tertiary/aromatic N) is 4. The summed E-state index contributed by atoms with van der Waals surface area (Å²) in [6.07, 6.45) is 1.64. The number of ether oxygens (including phenoxy) is 1. The first-order valence-corrected chi connectivity index (χ1v) is 12.1. The predicted octanol–water partition coefficient (Wildman–Crippen LogP) is 5.12. The largest absolute Gasteiger partial charge is 0.497 e. The van der Waals surface area contributed by atoms with Gasteiger partial charge in [-0.1, -0.05) is 54.2 Å². The summed E-state index contributed by atoms with van der Waals surface area (Å²) in [4.78, 5) is 15.1. The molecule has 0 aliphatic heterocycles. The molecule has 0 aliphatic carbocycles. The molecule has 0 atom stereocenters. The lowest BCUT2D eigenvalue weighted by Crippen LogP contribution is -2.37. The van der Waals surface area contributed by atoms with Gasteiger partial charge in [-0.05, 0) is 43.7 Å². The van der Waals surface area contributed by atoms with Gasteiger partial charge in [0.1, 0.15) is 11.5 Å². The van der Waals surface area contributed by atoms with Gasteiger partial charge >= 0.3 is 0 Å². The topological polar surface area (TPSA) is 73.4 Å². The van der Waals surface area contributed by atoms with E-state index >= 15 is 0 Å². The number of aromatic nitrogens is 3. The van der Waals surface area contributed by atoms with E-state index in [4.69, 9.17) is 9.15 Å². The maximum Gasteiger partial charge on any atom is 0.233 e. The molecule has 0 aliphatic rings. The average Bonchev–Trinajstić information content (AvgIpc) is 3.52. The second-order valence-corrected chi connectivity index (χ2v) is 9.04. The van der Waals surface area contributed by atoms with E-state index in [-0.39, 0.29) is 17.7 Å². The minimum Gasteiger partial charge on any atom is -0.497 e. The van der Waals surface area contributed by atoms with E-state index in [0.29, 0.717) is 24.1 Å². The highest BCUT2D eigenvalue weighted by Gasteiger charge is 2.21. The molecule has 2 aromatic carbocycles. The van der Waals surface area contributed by atoms with Crippen LogP contribution in [0.15, 0.2) is 82.6 Å². The van der Waals surface area contributed by atoms with Crippen LogP contribution in [0, 0.1) is 0 Å². The molecular weight excluding hydrogens is 448 g/mol. The van der Waals surface area contributed by atoms with Crippen molar-refractivity contribution in [3.8, 4) is 17.1 Å². The first-order chi connectivity index (χ1) is 16.5. The summed E-state index contributed by atoms with van der Waals surface area (Å²) >= 11 is 1.38. The van der Waals surface area contributed by atoms with Crippen LogP contribution in [-0.4, -0.2) is 44.5 Å². The van der Waals surface area contributed by atoms with Gasteiger partial charge in [-0.25, -0.2) is 0 Å². The number of hydrogen-bond acceptors (Lipinski definition) is 6. The van der Waals surface area contributed by atoms with Crippen LogP contribution in [0.2, 0.25) is 0 Å². The van der Waals surface area contributed by atoms with Crippen LogP contribution in [0.4, 0.5) is 0 Å². The fourth-order valence-electron chi connectivity index (χ4n) is 3.62. The maximum absolute atomic E-state index is 13.2. The van der Waals surface area contributed by atoms with Crippen molar-refractivity contribution in [2.45, 2.75) is 38.1 Å². The standard InChI is InChI=1S/C26H28N4O3S/c1-19(2)29(16-20-9-5-4-6-10-20)24(31)18-34-26-28-27-25(21-11-7-12-22(15-21)32-3)30(26)17-23-13-8-14-33-23/h4-15,19H,16-18H2,1-3H3. The number of furan rings is 1. The van der Waals surface area contributed by atoms with Gasteiger partial charge in [-0.3, -0.25) is 9.36 Å². The molecule has 0 saturated heterocycles. The summed E-state index contributed by atoms with van der Waals surface area (Å²) in [5, 5.41) is 9.51. The molecule has 34 heavy (non-hydrogen) atoms. The lowest BCUT2D eigenvalue weighted by Gasteiger charge is -2.26. The van der Waals surface area contributed by atoms with E-state index < -0.39 is 0 Å². The molecule has 7 nitrogen and oxygen atoms in total. The minimum absolute atomic E-state index is 0.0549. The van der Waals surface area contributed by atoms with Gasteiger partial charge in [0, 0.05) is 18.2 Å². The van der Waals surface area contributed by atoms with Crippen LogP contribution >= 0.6 is 11.8 Å². The van der Waals surface area contributed by atoms with Crippen LogP contribution in [0.25, 0.3) is 11.4 Å². The van der Waals surface area contributed by atoms with Gasteiger partial charge in [0.2, 0.25) is 5.91 Å². The summed E-state index contributed by atoms with van der Waals surface area (Å²) in [7, 11) is 1.63. The number of thioether (sulfide) groups is 1. The number of carbonyl (C=O) groups excluding carboxylic acids is 1. The fraction of sp³-hybridized carbons (Fsp3) is 0.269. The van der Waals surface area contributed by atoms with Crippen LogP contribution in [0.5, 0.6) is 5.75 Å². The number of methoxy groups -OCH3 is 1. The zero-order valence-electron chi connectivity index (χ0n) is 19.5. The molecule has 8 heteroatoms. The van der Waals surface area contributed by atoms with Crippen molar-refractivity contribution < 1.29 is 13.9 Å². The van der Waals surface area contributed by atoms with E-state index in [1.54, 1.807) is 13.4 Å². The highest BCUT2D eigenvalue weighted by Crippen LogP contribution is 2.28. The second-order valence-electron chi connectivity index (χ2n) is 8.09. The first kappa shape index (κ1) is 23.6. The monoisotopic (exact) mass is 476 g/mol. The quantitative estimate of drug-likeness (QED) is 0.296. The normalized spacial score (nSPS) is 11.1. The van der Waals surface area contributed by atoms with E-state index in [0.717, 1.165) is 22.6 Å². The molecule has 4 rings (SSSR count).